The highest BCUT2D eigenvalue weighted by Crippen LogP contribution is 2.34. The first-order valence-electron chi connectivity index (χ1n) is 10.7. The number of nitrogens with zero attached hydrogens (tertiary/aromatic N) is 4. The monoisotopic (exact) mass is 503 g/mol. The Labute approximate surface area is 205 Å². The number of benzene rings is 1. The lowest BCUT2D eigenvalue weighted by Gasteiger charge is -2.34. The number of thiol groups is 1. The first-order valence-corrected chi connectivity index (χ1v) is 12.2. The van der Waals surface area contributed by atoms with Crippen LogP contribution in [0.2, 0.25) is 0 Å². The number of carbonyl (C=O) groups excluding carboxylic acids is 2. The molecule has 0 saturated heterocycles. The van der Waals surface area contributed by atoms with Crippen molar-refractivity contribution in [3.63, 3.8) is 0 Å². The average Bonchev–Trinajstić information content (AvgIpc) is 3.39. The maximum Gasteiger partial charge on any atom is 0.248 e. The lowest BCUT2D eigenvalue weighted by molar-refractivity contribution is -0.127. The molecule has 0 radical (unpaired) electrons. The third-order valence-electron chi connectivity index (χ3n) is 5.73. The molecule has 1 N–H and O–H groups in total. The van der Waals surface area contributed by atoms with Crippen molar-refractivity contribution < 1.29 is 18.4 Å². The van der Waals surface area contributed by atoms with Crippen molar-refractivity contribution in [2.24, 2.45) is 0 Å². The molecule has 0 bridgehead atoms. The second-order valence-electron chi connectivity index (χ2n) is 8.05. The van der Waals surface area contributed by atoms with Crippen LogP contribution in [0.4, 0.5) is 14.5 Å². The second kappa shape index (κ2) is 10.6. The van der Waals surface area contributed by atoms with Gasteiger partial charge in [-0.1, -0.05) is 12.1 Å². The number of nitrogens with one attached hydrogen (secondary N) is 1. The number of hydrogen-bond acceptors (Lipinski definition) is 7. The molecule has 34 heavy (non-hydrogen) atoms. The molecule has 3 aromatic rings. The van der Waals surface area contributed by atoms with Crippen LogP contribution in [0.1, 0.15) is 37.3 Å². The van der Waals surface area contributed by atoms with Gasteiger partial charge >= 0.3 is 0 Å². The van der Waals surface area contributed by atoms with E-state index in [0.717, 1.165) is 10.4 Å². The second-order valence-corrected chi connectivity index (χ2v) is 9.25. The summed E-state index contributed by atoms with van der Waals surface area (Å²) < 4.78 is 27.2. The molecule has 1 aliphatic carbocycles. The summed E-state index contributed by atoms with van der Waals surface area (Å²) >= 11 is 5.65. The number of halogens is 2. The van der Waals surface area contributed by atoms with E-state index in [4.69, 9.17) is 0 Å². The molecular weight excluding hydrogens is 480 g/mol. The zero-order chi connectivity index (χ0) is 24.1. The number of aromatic nitrogens is 3. The highest BCUT2D eigenvalue weighted by Gasteiger charge is 2.38. The van der Waals surface area contributed by atoms with E-state index in [1.54, 1.807) is 23.8 Å². The molecule has 2 amide bonds. The fraction of sp³-hybridized carbons (Fsp3) is 0.348. The van der Waals surface area contributed by atoms with Crippen LogP contribution in [0, 0.1) is 0 Å². The Kier molecular flexibility index (Phi) is 7.52. The van der Waals surface area contributed by atoms with Crippen molar-refractivity contribution >= 4 is 41.5 Å². The van der Waals surface area contributed by atoms with Crippen LogP contribution >= 0.6 is 24.0 Å². The largest absolute Gasteiger partial charge is 0.351 e. The average molecular weight is 504 g/mol. The molecule has 1 aromatic carbocycles. The maximum absolute atomic E-state index is 13.6. The van der Waals surface area contributed by atoms with Gasteiger partial charge in [-0.15, -0.1) is 11.3 Å². The van der Waals surface area contributed by atoms with Gasteiger partial charge in [0.15, 0.2) is 0 Å². The zero-order valence-electron chi connectivity index (χ0n) is 18.1. The van der Waals surface area contributed by atoms with Gasteiger partial charge < -0.3 is 5.32 Å². The van der Waals surface area contributed by atoms with Gasteiger partial charge in [0.05, 0.1) is 16.1 Å². The van der Waals surface area contributed by atoms with Crippen LogP contribution in [-0.4, -0.2) is 44.5 Å². The number of carbonyl (C=O) groups is 2. The third kappa shape index (κ3) is 5.58. The third-order valence-corrected chi connectivity index (χ3v) is 6.83. The SMILES string of the molecule is O=C(NC1CCC(F)(F)CC1)C(c1cncnc1)N(C(=O)CS)c1ccc(-c2cncs2)cc1. The molecule has 1 aliphatic rings. The molecule has 4 rings (SSSR count). The lowest BCUT2D eigenvalue weighted by Crippen LogP contribution is -2.48. The van der Waals surface area contributed by atoms with Gasteiger partial charge in [-0.3, -0.25) is 19.5 Å². The van der Waals surface area contributed by atoms with Gasteiger partial charge in [0.1, 0.15) is 12.4 Å². The molecular formula is C23H23F2N5O2S2. The van der Waals surface area contributed by atoms with E-state index in [0.29, 0.717) is 11.3 Å². The van der Waals surface area contributed by atoms with Gasteiger partial charge in [0.25, 0.3) is 0 Å². The van der Waals surface area contributed by atoms with Crippen LogP contribution in [0.25, 0.3) is 10.4 Å². The summed E-state index contributed by atoms with van der Waals surface area (Å²) in [6, 6.07) is 5.71. The Morgan fingerprint density at radius 1 is 1.12 bits per heavy atom. The van der Waals surface area contributed by atoms with Gasteiger partial charge in [-0.05, 0) is 30.5 Å². The molecule has 178 valence electrons. The highest BCUT2D eigenvalue weighted by molar-refractivity contribution is 7.81. The summed E-state index contributed by atoms with van der Waals surface area (Å²) in [5, 5.41) is 2.86. The number of alkyl halides is 2. The van der Waals surface area contributed by atoms with E-state index in [2.05, 4.69) is 32.9 Å². The molecule has 0 spiro atoms. The van der Waals surface area contributed by atoms with Crippen molar-refractivity contribution in [1.82, 2.24) is 20.3 Å². The van der Waals surface area contributed by atoms with Gasteiger partial charge in [-0.2, -0.15) is 12.6 Å². The van der Waals surface area contributed by atoms with E-state index in [-0.39, 0.29) is 31.4 Å². The molecule has 1 fully saturated rings. The van der Waals surface area contributed by atoms with Crippen LogP contribution in [0.3, 0.4) is 0 Å². The Balaban J connectivity index is 1.65. The van der Waals surface area contributed by atoms with E-state index >= 15 is 0 Å². The minimum Gasteiger partial charge on any atom is -0.351 e. The summed E-state index contributed by atoms with van der Waals surface area (Å²) in [6.45, 7) is 0. The normalized spacial score (nSPS) is 16.6. The van der Waals surface area contributed by atoms with Gasteiger partial charge in [0, 0.05) is 48.7 Å². The molecule has 2 aromatic heterocycles. The van der Waals surface area contributed by atoms with E-state index in [9.17, 15) is 18.4 Å². The lowest BCUT2D eigenvalue weighted by atomic mass is 9.92. The molecule has 1 saturated carbocycles. The molecule has 1 atom stereocenters. The zero-order valence-corrected chi connectivity index (χ0v) is 19.8. The van der Waals surface area contributed by atoms with Crippen LogP contribution in [-0.2, 0) is 9.59 Å². The minimum atomic E-state index is -2.71. The van der Waals surface area contributed by atoms with Gasteiger partial charge in [-0.25, -0.2) is 18.7 Å². The smallest absolute Gasteiger partial charge is 0.248 e. The van der Waals surface area contributed by atoms with Crippen LogP contribution in [0.5, 0.6) is 0 Å². The number of hydrogen-bond donors (Lipinski definition) is 2. The summed E-state index contributed by atoms with van der Waals surface area (Å²) in [6.07, 6.45) is 5.79. The fourth-order valence-electron chi connectivity index (χ4n) is 3.99. The standard InChI is InChI=1S/C23H23F2N5O2S2/c24-23(25)7-5-17(6-8-23)29-22(32)21(16-9-26-13-27-10-16)30(20(31)12-33)18-3-1-15(2-4-18)19-11-28-14-34-19/h1-4,9-11,13-14,17,21,33H,5-8,12H2,(H,29,32). The van der Waals surface area contributed by atoms with Crippen molar-refractivity contribution in [2.75, 3.05) is 10.7 Å². The molecule has 0 aliphatic heterocycles. The van der Waals surface area contributed by atoms with Crippen molar-refractivity contribution in [3.05, 3.63) is 60.3 Å². The maximum atomic E-state index is 13.6. The topological polar surface area (TPSA) is 88.1 Å². The molecule has 11 heteroatoms. The molecule has 2 heterocycles. The first-order chi connectivity index (χ1) is 16.4. The number of amides is 2. The Bertz CT molecular complexity index is 1100. The van der Waals surface area contributed by atoms with Crippen molar-refractivity contribution in [3.8, 4) is 10.4 Å². The van der Waals surface area contributed by atoms with Gasteiger partial charge in [0.2, 0.25) is 17.7 Å². The Hall–Kier alpha value is -2.92. The molecule has 7 nitrogen and oxygen atoms in total. The predicted octanol–water partition coefficient (Wildman–Crippen LogP) is 4.30. The number of rotatable bonds is 7. The fourth-order valence-corrected chi connectivity index (χ4v) is 4.77. The van der Waals surface area contributed by atoms with Crippen molar-refractivity contribution in [2.45, 2.75) is 43.7 Å². The highest BCUT2D eigenvalue weighted by atomic mass is 32.1. The Morgan fingerprint density at radius 2 is 1.79 bits per heavy atom. The summed E-state index contributed by atoms with van der Waals surface area (Å²) in [4.78, 5) is 41.0. The predicted molar refractivity (Wildman–Crippen MR) is 129 cm³/mol. The summed E-state index contributed by atoms with van der Waals surface area (Å²) in [5.74, 6) is -3.72. The van der Waals surface area contributed by atoms with E-state index < -0.39 is 29.8 Å². The van der Waals surface area contributed by atoms with Crippen molar-refractivity contribution in [1.29, 1.82) is 0 Å². The summed E-state index contributed by atoms with van der Waals surface area (Å²) in [5.41, 5.74) is 3.56. The quantitative estimate of drug-likeness (QED) is 0.470. The number of thiazole rings is 1. The van der Waals surface area contributed by atoms with Crippen LogP contribution in [0.15, 0.2) is 54.7 Å². The van der Waals surface area contributed by atoms with E-state index in [1.165, 1.54) is 35.0 Å². The molecule has 1 unspecified atom stereocenters. The van der Waals surface area contributed by atoms with Crippen LogP contribution < -0.4 is 10.2 Å². The minimum absolute atomic E-state index is 0.135. The summed E-state index contributed by atoms with van der Waals surface area (Å²) in [7, 11) is 0. The van der Waals surface area contributed by atoms with E-state index in [1.807, 2.05) is 12.1 Å². The number of anilines is 1. The Morgan fingerprint density at radius 3 is 2.38 bits per heavy atom. The first kappa shape index (κ1) is 24.2.